The number of carbonyl (C=O) groups is 1. The van der Waals surface area contributed by atoms with Gasteiger partial charge < -0.3 is 18.6 Å². The zero-order valence-electron chi connectivity index (χ0n) is 13.9. The second-order valence-corrected chi connectivity index (χ2v) is 6.59. The molecule has 4 rings (SSSR count). The number of aromatic nitrogens is 3. The zero-order chi connectivity index (χ0) is 17.4. The molecular weight excluding hydrogens is 340 g/mol. The smallest absolute Gasteiger partial charge is 0.274 e. The van der Waals surface area contributed by atoms with E-state index < -0.39 is 0 Å². The summed E-state index contributed by atoms with van der Waals surface area (Å²) in [6, 6.07) is 7.61. The van der Waals surface area contributed by atoms with Crippen LogP contribution in [-0.2, 0) is 17.8 Å². The van der Waals surface area contributed by atoms with Gasteiger partial charge in [-0.2, -0.15) is 0 Å². The standard InChI is InChI=1S/C18H19ClN4O2/c1-2-25-15-10-21-7-3-4-14(21)9-23(11-15)18(24)16-12-22-8-13(19)5-6-17(22)20-16/h3-8,12,15H,2,9-11H2,1H3. The SMILES string of the molecule is CCOC1CN(C(=O)c2cn3cc(Cl)ccc3n2)Cc2cccn2C1. The van der Waals surface area contributed by atoms with Crippen molar-refractivity contribution >= 4 is 23.2 Å². The lowest BCUT2D eigenvalue weighted by molar-refractivity contribution is 0.0256. The number of pyridine rings is 1. The maximum absolute atomic E-state index is 13.0. The van der Waals surface area contributed by atoms with Crippen molar-refractivity contribution in [3.8, 4) is 0 Å². The Labute approximate surface area is 150 Å². The van der Waals surface area contributed by atoms with Crippen LogP contribution in [0.2, 0.25) is 5.02 Å². The first-order valence-corrected chi connectivity index (χ1v) is 8.71. The van der Waals surface area contributed by atoms with Crippen LogP contribution in [-0.4, -0.2) is 44.0 Å². The minimum atomic E-state index is -0.0980. The molecule has 0 aromatic carbocycles. The predicted octanol–water partition coefficient (Wildman–Crippen LogP) is 2.85. The first kappa shape index (κ1) is 16.2. The van der Waals surface area contributed by atoms with Gasteiger partial charge in [0, 0.05) is 37.4 Å². The van der Waals surface area contributed by atoms with Crippen LogP contribution in [0.1, 0.15) is 23.1 Å². The highest BCUT2D eigenvalue weighted by Crippen LogP contribution is 2.19. The molecule has 25 heavy (non-hydrogen) atoms. The molecule has 1 atom stereocenters. The van der Waals surface area contributed by atoms with Crippen LogP contribution in [0.4, 0.5) is 0 Å². The summed E-state index contributed by atoms with van der Waals surface area (Å²) in [5.74, 6) is -0.0980. The maximum Gasteiger partial charge on any atom is 0.274 e. The molecule has 7 heteroatoms. The van der Waals surface area contributed by atoms with E-state index in [0.29, 0.717) is 36.1 Å². The van der Waals surface area contributed by atoms with Gasteiger partial charge in [0.2, 0.25) is 0 Å². The van der Waals surface area contributed by atoms with Gasteiger partial charge in [-0.1, -0.05) is 11.6 Å². The molecule has 1 unspecified atom stereocenters. The second kappa shape index (κ2) is 6.54. The Morgan fingerprint density at radius 1 is 1.32 bits per heavy atom. The van der Waals surface area contributed by atoms with Gasteiger partial charge in [-0.05, 0) is 31.2 Å². The molecular formula is C18H19ClN4O2. The van der Waals surface area contributed by atoms with Crippen LogP contribution in [0.5, 0.6) is 0 Å². The summed E-state index contributed by atoms with van der Waals surface area (Å²) >= 11 is 6.01. The van der Waals surface area contributed by atoms with Crippen LogP contribution in [0.25, 0.3) is 5.65 Å². The molecule has 4 heterocycles. The Morgan fingerprint density at radius 2 is 2.20 bits per heavy atom. The molecule has 6 nitrogen and oxygen atoms in total. The van der Waals surface area contributed by atoms with Gasteiger partial charge in [-0.3, -0.25) is 4.79 Å². The van der Waals surface area contributed by atoms with Gasteiger partial charge in [0.05, 0.1) is 24.2 Å². The number of hydrogen-bond acceptors (Lipinski definition) is 3. The molecule has 3 aromatic heterocycles. The molecule has 0 spiro atoms. The van der Waals surface area contributed by atoms with E-state index in [2.05, 4.69) is 9.55 Å². The number of hydrogen-bond donors (Lipinski definition) is 0. The van der Waals surface area contributed by atoms with Crippen LogP contribution in [0, 0.1) is 0 Å². The predicted molar refractivity (Wildman–Crippen MR) is 94.8 cm³/mol. The van der Waals surface area contributed by atoms with Crippen molar-refractivity contribution < 1.29 is 9.53 Å². The first-order chi connectivity index (χ1) is 12.1. The third-order valence-corrected chi connectivity index (χ3v) is 4.65. The molecule has 0 saturated carbocycles. The normalized spacial score (nSPS) is 17.5. The van der Waals surface area contributed by atoms with E-state index in [1.807, 2.05) is 30.2 Å². The summed E-state index contributed by atoms with van der Waals surface area (Å²) in [4.78, 5) is 19.3. The first-order valence-electron chi connectivity index (χ1n) is 8.33. The number of rotatable bonds is 3. The van der Waals surface area contributed by atoms with Crippen molar-refractivity contribution in [1.29, 1.82) is 0 Å². The average Bonchev–Trinajstić information content (AvgIpc) is 3.16. The van der Waals surface area contributed by atoms with Crippen molar-refractivity contribution in [1.82, 2.24) is 18.9 Å². The highest BCUT2D eigenvalue weighted by atomic mass is 35.5. The average molecular weight is 359 g/mol. The lowest BCUT2D eigenvalue weighted by Crippen LogP contribution is -2.37. The lowest BCUT2D eigenvalue weighted by atomic mass is 10.3. The Hall–Kier alpha value is -2.31. The second-order valence-electron chi connectivity index (χ2n) is 6.15. The molecule has 1 amide bonds. The van der Waals surface area contributed by atoms with Crippen molar-refractivity contribution in [3.05, 3.63) is 59.3 Å². The summed E-state index contributed by atoms with van der Waals surface area (Å²) in [5, 5.41) is 0.605. The minimum absolute atomic E-state index is 0.0333. The van der Waals surface area contributed by atoms with Gasteiger partial charge in [-0.25, -0.2) is 4.98 Å². The van der Waals surface area contributed by atoms with Crippen LogP contribution >= 0.6 is 11.6 Å². The number of halogens is 1. The fourth-order valence-corrected chi connectivity index (χ4v) is 3.45. The molecule has 0 N–H and O–H groups in total. The Bertz CT molecular complexity index is 917. The van der Waals surface area contributed by atoms with E-state index in [4.69, 9.17) is 16.3 Å². The topological polar surface area (TPSA) is 51.8 Å². The van der Waals surface area contributed by atoms with Crippen LogP contribution in [0.3, 0.4) is 0 Å². The Morgan fingerprint density at radius 3 is 3.04 bits per heavy atom. The van der Waals surface area contributed by atoms with E-state index >= 15 is 0 Å². The van der Waals surface area contributed by atoms with Crippen molar-refractivity contribution in [3.63, 3.8) is 0 Å². The molecule has 130 valence electrons. The number of imidazole rings is 1. The van der Waals surface area contributed by atoms with Crippen molar-refractivity contribution in [2.45, 2.75) is 26.1 Å². The third kappa shape index (κ3) is 3.15. The number of carbonyl (C=O) groups excluding carboxylic acids is 1. The minimum Gasteiger partial charge on any atom is -0.375 e. The highest BCUT2D eigenvalue weighted by molar-refractivity contribution is 6.30. The van der Waals surface area contributed by atoms with Crippen LogP contribution in [0.15, 0.2) is 42.9 Å². The van der Waals surface area contributed by atoms with Gasteiger partial charge in [-0.15, -0.1) is 0 Å². The fraction of sp³-hybridized carbons (Fsp3) is 0.333. The van der Waals surface area contributed by atoms with E-state index in [1.165, 1.54) is 0 Å². The lowest BCUT2D eigenvalue weighted by Gasteiger charge is -2.23. The van der Waals surface area contributed by atoms with Gasteiger partial charge in [0.1, 0.15) is 11.3 Å². The van der Waals surface area contributed by atoms with Crippen molar-refractivity contribution in [2.24, 2.45) is 0 Å². The van der Waals surface area contributed by atoms with E-state index in [9.17, 15) is 4.79 Å². The van der Waals surface area contributed by atoms with Crippen LogP contribution < -0.4 is 0 Å². The summed E-state index contributed by atoms with van der Waals surface area (Å²) in [5.41, 5.74) is 2.21. The Kier molecular flexibility index (Phi) is 4.23. The van der Waals surface area contributed by atoms with Gasteiger partial charge in [0.25, 0.3) is 5.91 Å². The van der Waals surface area contributed by atoms with Gasteiger partial charge >= 0.3 is 0 Å². The van der Waals surface area contributed by atoms with Crippen molar-refractivity contribution in [2.75, 3.05) is 13.2 Å². The molecule has 0 saturated heterocycles. The number of amides is 1. The molecule has 0 fully saturated rings. The van der Waals surface area contributed by atoms with E-state index in [1.54, 1.807) is 28.9 Å². The monoisotopic (exact) mass is 358 g/mol. The zero-order valence-corrected chi connectivity index (χ0v) is 14.7. The largest absolute Gasteiger partial charge is 0.375 e. The molecule has 0 aliphatic carbocycles. The molecule has 0 radical (unpaired) electrons. The summed E-state index contributed by atoms with van der Waals surface area (Å²) < 4.78 is 9.75. The summed E-state index contributed by atoms with van der Waals surface area (Å²) in [7, 11) is 0. The summed E-state index contributed by atoms with van der Waals surface area (Å²) in [6.07, 6.45) is 5.47. The molecule has 1 aliphatic heterocycles. The Balaban J connectivity index is 1.65. The summed E-state index contributed by atoms with van der Waals surface area (Å²) in [6.45, 7) is 4.43. The number of nitrogens with zero attached hydrogens (tertiary/aromatic N) is 4. The van der Waals surface area contributed by atoms with Gasteiger partial charge in [0.15, 0.2) is 0 Å². The fourth-order valence-electron chi connectivity index (χ4n) is 3.28. The molecule has 0 bridgehead atoms. The van der Waals surface area contributed by atoms with E-state index in [-0.39, 0.29) is 12.0 Å². The number of fused-ring (bicyclic) bond motifs is 2. The number of ether oxygens (including phenoxy) is 1. The third-order valence-electron chi connectivity index (χ3n) is 4.42. The maximum atomic E-state index is 13.0. The highest BCUT2D eigenvalue weighted by Gasteiger charge is 2.27. The quantitative estimate of drug-likeness (QED) is 0.723. The molecule has 3 aromatic rings. The molecule has 1 aliphatic rings. The van der Waals surface area contributed by atoms with E-state index in [0.717, 1.165) is 12.2 Å².